The Labute approximate surface area is 206 Å². The Kier molecular flexibility index (Phi) is 5.41. The van der Waals surface area contributed by atoms with Crippen LogP contribution in [0.5, 0.6) is 0 Å². The van der Waals surface area contributed by atoms with Crippen LogP contribution in [0, 0.1) is 29.9 Å². The number of fused-ring (bicyclic) bond motifs is 2. The van der Waals surface area contributed by atoms with Crippen LogP contribution < -0.4 is 0 Å². The van der Waals surface area contributed by atoms with E-state index >= 15 is 4.39 Å². The van der Waals surface area contributed by atoms with Crippen LogP contribution in [0.4, 0.5) is 8.78 Å². The van der Waals surface area contributed by atoms with E-state index in [4.69, 9.17) is 4.74 Å². The van der Waals surface area contributed by atoms with E-state index in [1.165, 1.54) is 19.2 Å². The number of carboxylic acid groups (broad SMARTS) is 1. The summed E-state index contributed by atoms with van der Waals surface area (Å²) in [4.78, 5) is 12.0. The smallest absolute Gasteiger partial charge is 0.335 e. The molecule has 0 unspecified atom stereocenters. The van der Waals surface area contributed by atoms with E-state index in [9.17, 15) is 19.6 Å². The highest BCUT2D eigenvalue weighted by Crippen LogP contribution is 2.48. The summed E-state index contributed by atoms with van der Waals surface area (Å²) in [6.07, 6.45) is 1.80. The van der Waals surface area contributed by atoms with Crippen molar-refractivity contribution in [1.82, 2.24) is 14.8 Å². The van der Waals surface area contributed by atoms with E-state index in [2.05, 4.69) is 16.3 Å². The van der Waals surface area contributed by atoms with Crippen LogP contribution >= 0.6 is 0 Å². The van der Waals surface area contributed by atoms with E-state index in [0.29, 0.717) is 38.8 Å². The first-order chi connectivity index (χ1) is 17.0. The van der Waals surface area contributed by atoms with Crippen LogP contribution in [-0.4, -0.2) is 38.0 Å². The SMILES string of the molecule is Cc1cc(-n2c(C(C)(C)CC#N)c([C@@H]3CO[C@](C)(C(=O)O)C3)c3c(F)c4[nH]ncc4cc32)ccc1F. The van der Waals surface area contributed by atoms with E-state index < -0.39 is 28.7 Å². The lowest BCUT2D eigenvalue weighted by Gasteiger charge is -2.28. The van der Waals surface area contributed by atoms with Gasteiger partial charge in [0.05, 0.1) is 24.4 Å². The quantitative estimate of drug-likeness (QED) is 0.376. The molecule has 0 amide bonds. The fourth-order valence-electron chi connectivity index (χ4n) is 5.42. The molecule has 1 aliphatic rings. The van der Waals surface area contributed by atoms with Crippen molar-refractivity contribution in [2.45, 2.75) is 57.5 Å². The van der Waals surface area contributed by atoms with Gasteiger partial charge in [0.2, 0.25) is 0 Å². The molecule has 2 aromatic heterocycles. The Bertz CT molecular complexity index is 1580. The molecule has 7 nitrogen and oxygen atoms in total. The molecule has 1 aliphatic heterocycles. The van der Waals surface area contributed by atoms with Crippen LogP contribution in [0.1, 0.15) is 56.4 Å². The molecule has 4 aromatic rings. The van der Waals surface area contributed by atoms with Crippen molar-refractivity contribution < 1.29 is 23.4 Å². The predicted molar refractivity (Wildman–Crippen MR) is 130 cm³/mol. The topological polar surface area (TPSA) is 104 Å². The molecule has 36 heavy (non-hydrogen) atoms. The predicted octanol–water partition coefficient (Wildman–Crippen LogP) is 5.63. The van der Waals surface area contributed by atoms with Crippen LogP contribution in [0.15, 0.2) is 30.5 Å². The molecule has 0 bridgehead atoms. The van der Waals surface area contributed by atoms with Gasteiger partial charge in [-0.25, -0.2) is 13.6 Å². The maximum atomic E-state index is 16.2. The van der Waals surface area contributed by atoms with E-state index in [0.717, 1.165) is 0 Å². The highest BCUT2D eigenvalue weighted by Gasteiger charge is 2.46. The zero-order valence-electron chi connectivity index (χ0n) is 20.4. The van der Waals surface area contributed by atoms with Crippen LogP contribution in [0.2, 0.25) is 0 Å². The number of carboxylic acids is 1. The number of aryl methyl sites for hydroxylation is 1. The van der Waals surface area contributed by atoms with E-state index in [1.54, 1.807) is 19.1 Å². The monoisotopic (exact) mass is 492 g/mol. The minimum absolute atomic E-state index is 0.0838. The number of H-pyrrole nitrogens is 1. The Morgan fingerprint density at radius 2 is 2.14 bits per heavy atom. The summed E-state index contributed by atoms with van der Waals surface area (Å²) in [5.74, 6) is -2.40. The molecule has 0 radical (unpaired) electrons. The van der Waals surface area contributed by atoms with Gasteiger partial charge in [0.25, 0.3) is 0 Å². The first-order valence-electron chi connectivity index (χ1n) is 11.7. The van der Waals surface area contributed by atoms with Gasteiger partial charge in [0.1, 0.15) is 11.3 Å². The maximum Gasteiger partial charge on any atom is 0.335 e. The summed E-state index contributed by atoms with van der Waals surface area (Å²) in [5.41, 5.74) is 0.913. The maximum absolute atomic E-state index is 16.2. The number of nitriles is 1. The lowest BCUT2D eigenvalue weighted by atomic mass is 9.79. The average Bonchev–Trinajstić information content (AvgIpc) is 3.52. The minimum Gasteiger partial charge on any atom is -0.479 e. The third-order valence-electron chi connectivity index (χ3n) is 7.31. The molecule has 1 fully saturated rings. The van der Waals surface area contributed by atoms with Gasteiger partial charge in [-0.3, -0.25) is 5.10 Å². The second kappa shape index (κ2) is 8.14. The Morgan fingerprint density at radius 3 is 2.78 bits per heavy atom. The van der Waals surface area contributed by atoms with Gasteiger partial charge in [0, 0.05) is 39.9 Å². The first-order valence-corrected chi connectivity index (χ1v) is 11.7. The van der Waals surface area contributed by atoms with Crippen molar-refractivity contribution in [2.24, 2.45) is 0 Å². The number of hydrogen-bond acceptors (Lipinski definition) is 4. The zero-order chi connectivity index (χ0) is 26.0. The number of benzene rings is 2. The van der Waals surface area contributed by atoms with Gasteiger partial charge in [-0.15, -0.1) is 0 Å². The standard InChI is InChI=1S/C27H26F2N4O3/c1-14-9-17(5-6-18(14)28)33-19-10-15-12-31-32-23(15)22(29)21(19)20(24(33)26(2,3)7-8-30)16-11-27(4,25(34)35)36-13-16/h5-6,9-10,12,16H,7,11,13H2,1-4H3,(H,31,32)(H,34,35)/t16-,27-/m0/s1. The average molecular weight is 493 g/mol. The van der Waals surface area contributed by atoms with Gasteiger partial charge >= 0.3 is 5.97 Å². The van der Waals surface area contributed by atoms with E-state index in [-0.39, 0.29) is 30.8 Å². The number of aromatic amines is 1. The first kappa shape index (κ1) is 23.9. The third kappa shape index (κ3) is 3.47. The van der Waals surface area contributed by atoms with Gasteiger partial charge in [-0.05, 0) is 55.7 Å². The lowest BCUT2D eigenvalue weighted by molar-refractivity contribution is -0.157. The Morgan fingerprint density at radius 1 is 1.39 bits per heavy atom. The lowest BCUT2D eigenvalue weighted by Crippen LogP contribution is -2.34. The van der Waals surface area contributed by atoms with Crippen LogP contribution in [0.3, 0.4) is 0 Å². The molecule has 2 aromatic carbocycles. The number of nitrogens with one attached hydrogen (secondary N) is 1. The van der Waals surface area contributed by atoms with Crippen molar-refractivity contribution in [3.8, 4) is 11.8 Å². The number of ether oxygens (including phenoxy) is 1. The molecule has 9 heteroatoms. The van der Waals surface area contributed by atoms with Gasteiger partial charge in [0.15, 0.2) is 11.4 Å². The molecule has 0 spiro atoms. The second-order valence-electron chi connectivity index (χ2n) is 10.4. The van der Waals surface area contributed by atoms with Crippen molar-refractivity contribution in [3.05, 3.63) is 58.9 Å². The number of carbonyl (C=O) groups is 1. The molecule has 5 rings (SSSR count). The molecule has 2 N–H and O–H groups in total. The van der Waals surface area contributed by atoms with Crippen molar-refractivity contribution in [3.63, 3.8) is 0 Å². The fraction of sp³-hybridized carbons (Fsp3) is 0.370. The summed E-state index contributed by atoms with van der Waals surface area (Å²) >= 11 is 0. The van der Waals surface area contributed by atoms with Gasteiger partial charge < -0.3 is 14.4 Å². The Balaban J connectivity index is 1.94. The normalized spacial score (nSPS) is 20.3. The molecular formula is C27H26F2N4O3. The number of rotatable bonds is 5. The number of halogens is 2. The summed E-state index contributed by atoms with van der Waals surface area (Å²) in [6.45, 7) is 7.06. The van der Waals surface area contributed by atoms with Crippen molar-refractivity contribution in [1.29, 1.82) is 5.26 Å². The highest BCUT2D eigenvalue weighted by molar-refractivity contribution is 6.00. The second-order valence-corrected chi connectivity index (χ2v) is 10.4. The molecular weight excluding hydrogens is 466 g/mol. The summed E-state index contributed by atoms with van der Waals surface area (Å²) in [7, 11) is 0. The van der Waals surface area contributed by atoms with Gasteiger partial charge in [-0.2, -0.15) is 10.4 Å². The van der Waals surface area contributed by atoms with Gasteiger partial charge in [-0.1, -0.05) is 13.8 Å². The molecule has 2 atom stereocenters. The molecule has 186 valence electrons. The summed E-state index contributed by atoms with van der Waals surface area (Å²) in [6, 6.07) is 8.73. The molecule has 1 saturated heterocycles. The largest absolute Gasteiger partial charge is 0.479 e. The van der Waals surface area contributed by atoms with Crippen LogP contribution in [0.25, 0.3) is 27.5 Å². The minimum atomic E-state index is -1.42. The van der Waals surface area contributed by atoms with E-state index in [1.807, 2.05) is 24.5 Å². The third-order valence-corrected chi connectivity index (χ3v) is 7.31. The number of hydrogen-bond donors (Lipinski definition) is 2. The van der Waals surface area contributed by atoms with Crippen molar-refractivity contribution >= 4 is 27.8 Å². The molecule has 0 saturated carbocycles. The number of aliphatic carboxylic acids is 1. The number of nitrogens with zero attached hydrogens (tertiary/aromatic N) is 3. The highest BCUT2D eigenvalue weighted by atomic mass is 19.1. The molecule has 0 aliphatic carbocycles. The zero-order valence-corrected chi connectivity index (χ0v) is 20.4. The van der Waals surface area contributed by atoms with Crippen molar-refractivity contribution in [2.75, 3.05) is 6.61 Å². The Hall–Kier alpha value is -3.77. The summed E-state index contributed by atoms with van der Waals surface area (Å²) in [5, 5.41) is 27.0. The summed E-state index contributed by atoms with van der Waals surface area (Å²) < 4.78 is 38.1. The number of aromatic nitrogens is 3. The fourth-order valence-corrected chi connectivity index (χ4v) is 5.42. The molecule has 3 heterocycles. The van der Waals surface area contributed by atoms with Crippen LogP contribution in [-0.2, 0) is 14.9 Å².